The van der Waals surface area contributed by atoms with Gasteiger partial charge in [-0.25, -0.2) is 13.1 Å². The van der Waals surface area contributed by atoms with Crippen molar-refractivity contribution in [3.8, 4) is 5.75 Å². The largest absolute Gasteiger partial charge is 0.485 e. The number of likely N-dealkylation sites (tertiary alicyclic amines) is 1. The number of fused-ring (bicyclic) bond motifs is 2. The summed E-state index contributed by atoms with van der Waals surface area (Å²) in [6, 6.07) is 26.9. The van der Waals surface area contributed by atoms with Gasteiger partial charge < -0.3 is 14.7 Å². The van der Waals surface area contributed by atoms with Gasteiger partial charge in [-0.05, 0) is 62.4 Å². The Morgan fingerprint density at radius 1 is 1.02 bits per heavy atom. The van der Waals surface area contributed by atoms with Gasteiger partial charge >= 0.3 is 0 Å². The van der Waals surface area contributed by atoms with E-state index < -0.39 is 27.8 Å². The molecule has 9 heteroatoms. The topological polar surface area (TPSA) is 99.2 Å². The van der Waals surface area contributed by atoms with Crippen LogP contribution in [-0.2, 0) is 16.6 Å². The van der Waals surface area contributed by atoms with Crippen molar-refractivity contribution in [2.24, 2.45) is 0 Å². The van der Waals surface area contributed by atoms with Crippen molar-refractivity contribution in [3.05, 3.63) is 108 Å². The van der Waals surface area contributed by atoms with Gasteiger partial charge in [0.2, 0.25) is 10.0 Å². The molecule has 2 aliphatic heterocycles. The number of hydrogen-bond donors (Lipinski definition) is 2. The highest BCUT2D eigenvalue weighted by molar-refractivity contribution is 7.89. The first-order chi connectivity index (χ1) is 21.1. The first-order valence-corrected chi connectivity index (χ1v) is 16.6. The van der Waals surface area contributed by atoms with E-state index in [-0.39, 0.29) is 16.8 Å². The molecule has 0 saturated carbocycles. The molecule has 1 unspecified atom stereocenters. The molecular weight excluding hydrogens is 574 g/mol. The molecule has 2 N–H and O–H groups in total. The molecule has 0 bridgehead atoms. The standard InChI is InChI=1S/C35H39N3O5S/c1-4-38(27-19-20-37(23-27)22-24-11-6-5-7-12-24)34(40)26-17-18-30-29(21-26)32(33(39)35(2,3)43-30)36-44(41,42)31-16-10-14-25-13-8-9-15-28(25)31/h5-18,21,27,32-33,36,39H,4,19-20,22-23H2,1-3H3/t27?,32-,33+/m1/s1. The maximum atomic E-state index is 13.9. The lowest BCUT2D eigenvalue weighted by Gasteiger charge is -2.42. The van der Waals surface area contributed by atoms with E-state index in [1.807, 2.05) is 48.2 Å². The van der Waals surface area contributed by atoms with Gasteiger partial charge in [-0.2, -0.15) is 0 Å². The average Bonchev–Trinajstić information content (AvgIpc) is 3.47. The minimum Gasteiger partial charge on any atom is -0.485 e. The van der Waals surface area contributed by atoms with Crippen LogP contribution in [-0.4, -0.2) is 66.6 Å². The van der Waals surface area contributed by atoms with E-state index in [9.17, 15) is 18.3 Å². The average molecular weight is 614 g/mol. The Hall–Kier alpha value is -3.76. The van der Waals surface area contributed by atoms with Crippen LogP contribution < -0.4 is 9.46 Å². The number of hydrogen-bond acceptors (Lipinski definition) is 6. The summed E-state index contributed by atoms with van der Waals surface area (Å²) in [5, 5.41) is 12.8. The number of carbonyl (C=O) groups is 1. The van der Waals surface area contributed by atoms with Crippen LogP contribution in [0.25, 0.3) is 10.8 Å². The number of aliphatic hydroxyl groups excluding tert-OH is 1. The summed E-state index contributed by atoms with van der Waals surface area (Å²) >= 11 is 0. The first kappa shape index (κ1) is 30.3. The monoisotopic (exact) mass is 613 g/mol. The number of amides is 1. The molecule has 6 rings (SSSR count). The molecule has 1 fully saturated rings. The molecule has 1 saturated heterocycles. The second-order valence-electron chi connectivity index (χ2n) is 12.2. The summed E-state index contributed by atoms with van der Waals surface area (Å²) in [7, 11) is -4.08. The third-order valence-corrected chi connectivity index (χ3v) is 10.4. The number of nitrogens with zero attached hydrogens (tertiary/aromatic N) is 2. The van der Waals surface area contributed by atoms with Crippen molar-refractivity contribution in [2.45, 2.75) is 62.4 Å². The number of likely N-dealkylation sites (N-methyl/N-ethyl adjacent to an activating group) is 1. The van der Waals surface area contributed by atoms with Crippen molar-refractivity contribution in [2.75, 3.05) is 19.6 Å². The van der Waals surface area contributed by atoms with Crippen LogP contribution in [0.1, 0.15) is 54.7 Å². The van der Waals surface area contributed by atoms with Gasteiger partial charge in [-0.3, -0.25) is 9.69 Å². The molecule has 0 radical (unpaired) electrons. The van der Waals surface area contributed by atoms with Crippen LogP contribution in [0.4, 0.5) is 0 Å². The minimum atomic E-state index is -4.08. The lowest BCUT2D eigenvalue weighted by atomic mass is 9.86. The Labute approximate surface area is 259 Å². The number of ether oxygens (including phenoxy) is 1. The van der Waals surface area contributed by atoms with Crippen LogP contribution in [0.5, 0.6) is 5.75 Å². The number of benzene rings is 4. The highest BCUT2D eigenvalue weighted by atomic mass is 32.2. The van der Waals surface area contributed by atoms with Gasteiger partial charge in [-0.1, -0.05) is 66.7 Å². The van der Waals surface area contributed by atoms with Crippen LogP contribution in [0.15, 0.2) is 95.9 Å². The van der Waals surface area contributed by atoms with Gasteiger partial charge in [-0.15, -0.1) is 0 Å². The Bertz CT molecular complexity index is 1770. The molecule has 230 valence electrons. The maximum Gasteiger partial charge on any atom is 0.254 e. The Kier molecular flexibility index (Phi) is 8.24. The molecule has 44 heavy (non-hydrogen) atoms. The van der Waals surface area contributed by atoms with Crippen LogP contribution in [0, 0.1) is 0 Å². The zero-order chi connectivity index (χ0) is 31.1. The summed E-state index contributed by atoms with van der Waals surface area (Å²) in [6.45, 7) is 8.49. The van der Waals surface area contributed by atoms with E-state index in [1.165, 1.54) is 5.56 Å². The molecule has 1 amide bonds. The van der Waals surface area contributed by atoms with Crippen LogP contribution >= 0.6 is 0 Å². The molecule has 2 aliphatic rings. The fraction of sp³-hybridized carbons (Fsp3) is 0.343. The quantitative estimate of drug-likeness (QED) is 0.286. The minimum absolute atomic E-state index is 0.0636. The summed E-state index contributed by atoms with van der Waals surface area (Å²) in [4.78, 5) is 18.3. The molecule has 3 atom stereocenters. The van der Waals surface area contributed by atoms with Gasteiger partial charge in [0.05, 0.1) is 10.9 Å². The van der Waals surface area contributed by atoms with Crippen molar-refractivity contribution in [1.29, 1.82) is 0 Å². The summed E-state index contributed by atoms with van der Waals surface area (Å²) in [5.74, 6) is 0.303. The van der Waals surface area contributed by atoms with E-state index in [0.29, 0.717) is 28.8 Å². The van der Waals surface area contributed by atoms with Gasteiger partial charge in [0.25, 0.3) is 5.91 Å². The summed E-state index contributed by atoms with van der Waals surface area (Å²) in [5.41, 5.74) is 1.03. The number of nitrogens with one attached hydrogen (secondary N) is 1. The maximum absolute atomic E-state index is 13.9. The molecule has 0 aliphatic carbocycles. The molecule has 0 spiro atoms. The highest BCUT2D eigenvalue weighted by Crippen LogP contribution is 2.41. The molecule has 8 nitrogen and oxygen atoms in total. The van der Waals surface area contributed by atoms with Gasteiger partial charge in [0, 0.05) is 48.7 Å². The SMILES string of the molecule is CCN(C(=O)c1ccc2c(c1)[C@@H](NS(=O)(=O)c1cccc3ccccc13)[C@H](O)C(C)(C)O2)C1CCN(Cc2ccccc2)C1. The van der Waals surface area contributed by atoms with Gasteiger partial charge in [0.15, 0.2) is 0 Å². The fourth-order valence-corrected chi connectivity index (χ4v) is 7.96. The number of rotatable bonds is 8. The lowest BCUT2D eigenvalue weighted by molar-refractivity contribution is -0.0603. The third kappa shape index (κ3) is 5.85. The summed E-state index contributed by atoms with van der Waals surface area (Å²) in [6.07, 6.45) is -0.338. The fourth-order valence-electron chi connectivity index (χ4n) is 6.51. The molecule has 0 aromatic heterocycles. The van der Waals surface area contributed by atoms with Crippen molar-refractivity contribution < 1.29 is 23.1 Å². The third-order valence-electron chi connectivity index (χ3n) is 8.85. The van der Waals surface area contributed by atoms with Crippen molar-refractivity contribution in [1.82, 2.24) is 14.5 Å². The number of carbonyl (C=O) groups excluding carboxylic acids is 1. The predicted octanol–water partition coefficient (Wildman–Crippen LogP) is 5.13. The van der Waals surface area contributed by atoms with E-state index in [0.717, 1.165) is 31.4 Å². The van der Waals surface area contributed by atoms with E-state index in [1.54, 1.807) is 56.3 Å². The van der Waals surface area contributed by atoms with E-state index in [2.05, 4.69) is 21.8 Å². The molecular formula is C35H39N3O5S. The van der Waals surface area contributed by atoms with E-state index >= 15 is 0 Å². The van der Waals surface area contributed by atoms with E-state index in [4.69, 9.17) is 4.74 Å². The highest BCUT2D eigenvalue weighted by Gasteiger charge is 2.45. The predicted molar refractivity (Wildman–Crippen MR) is 171 cm³/mol. The lowest BCUT2D eigenvalue weighted by Crippen LogP contribution is -2.53. The van der Waals surface area contributed by atoms with Crippen molar-refractivity contribution in [3.63, 3.8) is 0 Å². The molecule has 4 aromatic rings. The second-order valence-corrected chi connectivity index (χ2v) is 13.9. The van der Waals surface area contributed by atoms with Crippen LogP contribution in [0.2, 0.25) is 0 Å². The van der Waals surface area contributed by atoms with Crippen molar-refractivity contribution >= 4 is 26.7 Å². The number of aliphatic hydroxyl groups is 1. The smallest absolute Gasteiger partial charge is 0.254 e. The zero-order valence-electron chi connectivity index (χ0n) is 25.3. The number of sulfonamides is 1. The Morgan fingerprint density at radius 2 is 1.75 bits per heavy atom. The van der Waals surface area contributed by atoms with Gasteiger partial charge in [0.1, 0.15) is 17.5 Å². The Morgan fingerprint density at radius 3 is 2.52 bits per heavy atom. The normalized spacial score (nSPS) is 21.5. The zero-order valence-corrected chi connectivity index (χ0v) is 26.1. The van der Waals surface area contributed by atoms with Crippen LogP contribution in [0.3, 0.4) is 0 Å². The molecule has 2 heterocycles. The second kappa shape index (κ2) is 12.0. The summed E-state index contributed by atoms with van der Waals surface area (Å²) < 4.78 is 36.6. The first-order valence-electron chi connectivity index (χ1n) is 15.2. The Balaban J connectivity index is 1.28. The molecule has 4 aromatic carbocycles.